The summed E-state index contributed by atoms with van der Waals surface area (Å²) >= 11 is 0. The van der Waals surface area contributed by atoms with Crippen LogP contribution in [0.4, 0.5) is 0 Å². The lowest BCUT2D eigenvalue weighted by Gasteiger charge is -2.37. The van der Waals surface area contributed by atoms with Crippen LogP contribution in [0.2, 0.25) is 0 Å². The van der Waals surface area contributed by atoms with E-state index in [0.29, 0.717) is 41.8 Å². The van der Waals surface area contributed by atoms with Crippen LogP contribution in [0.1, 0.15) is 17.5 Å². The fourth-order valence-electron chi connectivity index (χ4n) is 3.08. The number of hydrogen-bond donors (Lipinski definition) is 0. The molecule has 4 heterocycles. The number of rotatable bonds is 4. The molecule has 1 saturated heterocycles. The maximum Gasteiger partial charge on any atom is 0.233 e. The van der Waals surface area contributed by atoms with Crippen LogP contribution in [-0.4, -0.2) is 49.2 Å². The Balaban J connectivity index is 1.23. The van der Waals surface area contributed by atoms with Crippen LogP contribution in [-0.2, 0) is 11.2 Å². The van der Waals surface area contributed by atoms with Crippen molar-refractivity contribution < 1.29 is 13.8 Å². The van der Waals surface area contributed by atoms with Crippen molar-refractivity contribution >= 4 is 16.9 Å². The van der Waals surface area contributed by atoms with Crippen molar-refractivity contribution in [3.05, 3.63) is 54.4 Å². The minimum Gasteiger partial charge on any atom is -0.356 e. The number of hydrogen-bond acceptors (Lipinski definition) is 8. The molecule has 9 heteroatoms. The maximum atomic E-state index is 12.5. The number of para-hydroxylation sites is 1. The first-order chi connectivity index (χ1) is 13.3. The van der Waals surface area contributed by atoms with E-state index in [1.807, 2.05) is 24.3 Å². The van der Waals surface area contributed by atoms with Crippen molar-refractivity contribution in [2.45, 2.75) is 12.3 Å². The predicted molar refractivity (Wildman–Crippen MR) is 92.4 cm³/mol. The number of nitrogens with zero attached hydrogens (tertiary/aromatic N) is 6. The molecule has 0 saturated carbocycles. The number of fused-ring (bicyclic) bond motifs is 1. The summed E-state index contributed by atoms with van der Waals surface area (Å²) in [6.07, 6.45) is 4.94. The number of carbonyl (C=O) groups is 1. The Morgan fingerprint density at radius 3 is 2.89 bits per heavy atom. The second-order valence-electron chi connectivity index (χ2n) is 6.34. The third-order valence-corrected chi connectivity index (χ3v) is 4.59. The molecule has 1 aliphatic heterocycles. The van der Waals surface area contributed by atoms with Crippen molar-refractivity contribution in [2.24, 2.45) is 0 Å². The third-order valence-electron chi connectivity index (χ3n) is 4.59. The van der Waals surface area contributed by atoms with Gasteiger partial charge in [0, 0.05) is 30.9 Å². The summed E-state index contributed by atoms with van der Waals surface area (Å²) in [5, 5.41) is 8.82. The van der Waals surface area contributed by atoms with Gasteiger partial charge in [0.25, 0.3) is 0 Å². The Hall–Kier alpha value is -3.62. The summed E-state index contributed by atoms with van der Waals surface area (Å²) in [6, 6.07) is 7.51. The Bertz CT molecular complexity index is 1100. The number of benzene rings is 1. The molecule has 1 aromatic carbocycles. The molecule has 0 unspecified atom stereocenters. The van der Waals surface area contributed by atoms with Gasteiger partial charge in [-0.2, -0.15) is 4.98 Å². The lowest BCUT2D eigenvalue weighted by Crippen LogP contribution is -2.49. The van der Waals surface area contributed by atoms with E-state index in [1.165, 1.54) is 0 Å². The second kappa shape index (κ2) is 6.27. The highest BCUT2D eigenvalue weighted by Gasteiger charge is 2.36. The van der Waals surface area contributed by atoms with Gasteiger partial charge in [-0.25, -0.2) is 4.98 Å². The van der Waals surface area contributed by atoms with E-state index in [2.05, 4.69) is 25.3 Å². The molecule has 0 bridgehead atoms. The molecule has 1 fully saturated rings. The minimum absolute atomic E-state index is 0.000956. The van der Waals surface area contributed by atoms with Crippen molar-refractivity contribution in [3.63, 3.8) is 0 Å². The minimum atomic E-state index is -0.000956. The van der Waals surface area contributed by atoms with E-state index in [0.717, 1.165) is 5.39 Å². The molecule has 5 rings (SSSR count). The van der Waals surface area contributed by atoms with Gasteiger partial charge in [-0.05, 0) is 12.1 Å². The van der Waals surface area contributed by atoms with Gasteiger partial charge in [-0.15, -0.1) is 0 Å². The van der Waals surface area contributed by atoms with Gasteiger partial charge in [-0.1, -0.05) is 22.4 Å². The van der Waals surface area contributed by atoms with E-state index in [9.17, 15) is 4.79 Å². The van der Waals surface area contributed by atoms with E-state index >= 15 is 0 Å². The number of aromatic nitrogens is 5. The summed E-state index contributed by atoms with van der Waals surface area (Å²) in [4.78, 5) is 26.8. The third kappa shape index (κ3) is 2.82. The highest BCUT2D eigenvalue weighted by Crippen LogP contribution is 2.28. The molecule has 4 aromatic rings. The summed E-state index contributed by atoms with van der Waals surface area (Å²) < 4.78 is 10.6. The van der Waals surface area contributed by atoms with E-state index in [1.54, 1.807) is 23.5 Å². The normalized spacial score (nSPS) is 14.4. The first-order valence-electron chi connectivity index (χ1n) is 8.49. The van der Waals surface area contributed by atoms with Gasteiger partial charge in [0.05, 0.1) is 18.5 Å². The standard InChI is InChI=1S/C18H14N6O3/c25-16(7-13-12-3-1-2-4-15(12)26-22-13)24-9-11(10-24)18-21-17(23-27-18)14-8-19-5-6-20-14/h1-6,8,11H,7,9-10H2. The average Bonchev–Trinajstić information content (AvgIpc) is 3.29. The molecule has 27 heavy (non-hydrogen) atoms. The molecule has 0 radical (unpaired) electrons. The Morgan fingerprint density at radius 2 is 2.04 bits per heavy atom. The average molecular weight is 362 g/mol. The molecule has 9 nitrogen and oxygen atoms in total. The Morgan fingerprint density at radius 1 is 1.15 bits per heavy atom. The van der Waals surface area contributed by atoms with Crippen LogP contribution in [0.3, 0.4) is 0 Å². The first kappa shape index (κ1) is 15.6. The summed E-state index contributed by atoms with van der Waals surface area (Å²) in [6.45, 7) is 1.08. The zero-order chi connectivity index (χ0) is 18.2. The molecule has 134 valence electrons. The summed E-state index contributed by atoms with van der Waals surface area (Å²) in [7, 11) is 0. The number of likely N-dealkylation sites (tertiary alicyclic amines) is 1. The molecule has 0 spiro atoms. The van der Waals surface area contributed by atoms with Gasteiger partial charge in [0.1, 0.15) is 11.4 Å². The monoisotopic (exact) mass is 362 g/mol. The Kier molecular flexibility index (Phi) is 3.63. The van der Waals surface area contributed by atoms with E-state index in [4.69, 9.17) is 9.05 Å². The molecule has 0 N–H and O–H groups in total. The van der Waals surface area contributed by atoms with Crippen LogP contribution in [0.5, 0.6) is 0 Å². The number of carbonyl (C=O) groups excluding carboxylic acids is 1. The van der Waals surface area contributed by atoms with Gasteiger partial charge >= 0.3 is 0 Å². The van der Waals surface area contributed by atoms with Crippen LogP contribution in [0, 0.1) is 0 Å². The molecule has 1 amide bonds. The lowest BCUT2D eigenvalue weighted by atomic mass is 9.99. The van der Waals surface area contributed by atoms with E-state index in [-0.39, 0.29) is 18.2 Å². The van der Waals surface area contributed by atoms with Crippen molar-refractivity contribution in [1.82, 2.24) is 30.2 Å². The number of amides is 1. The predicted octanol–water partition coefficient (Wildman–Crippen LogP) is 1.84. The summed E-state index contributed by atoms with van der Waals surface area (Å²) in [5.74, 6) is 0.934. The van der Waals surface area contributed by atoms with Crippen molar-refractivity contribution in [1.29, 1.82) is 0 Å². The van der Waals surface area contributed by atoms with Gasteiger partial charge < -0.3 is 13.9 Å². The van der Waals surface area contributed by atoms with Crippen LogP contribution >= 0.6 is 0 Å². The highest BCUT2D eigenvalue weighted by atomic mass is 16.5. The Labute approximate surface area is 153 Å². The summed E-state index contributed by atoms with van der Waals surface area (Å²) in [5.41, 5.74) is 1.89. The lowest BCUT2D eigenvalue weighted by molar-refractivity contribution is -0.135. The van der Waals surface area contributed by atoms with Gasteiger partial charge in [0.2, 0.25) is 17.6 Å². The van der Waals surface area contributed by atoms with Crippen LogP contribution in [0.15, 0.2) is 51.9 Å². The van der Waals surface area contributed by atoms with Crippen LogP contribution in [0.25, 0.3) is 22.5 Å². The molecular formula is C18H14N6O3. The maximum absolute atomic E-state index is 12.5. The fourth-order valence-corrected chi connectivity index (χ4v) is 3.08. The van der Waals surface area contributed by atoms with Crippen LogP contribution < -0.4 is 0 Å². The molecular weight excluding hydrogens is 348 g/mol. The molecule has 1 aliphatic rings. The van der Waals surface area contributed by atoms with Crippen molar-refractivity contribution in [3.8, 4) is 11.5 Å². The SMILES string of the molecule is O=C(Cc1noc2ccccc12)N1CC(c2nc(-c3cnccn3)no2)C1. The van der Waals surface area contributed by atoms with Crippen molar-refractivity contribution in [2.75, 3.05) is 13.1 Å². The largest absolute Gasteiger partial charge is 0.356 e. The zero-order valence-electron chi connectivity index (χ0n) is 14.1. The molecule has 3 aromatic heterocycles. The first-order valence-corrected chi connectivity index (χ1v) is 8.49. The quantitative estimate of drug-likeness (QED) is 0.541. The smallest absolute Gasteiger partial charge is 0.233 e. The second-order valence-corrected chi connectivity index (χ2v) is 6.34. The zero-order valence-corrected chi connectivity index (χ0v) is 14.1. The fraction of sp³-hybridized carbons (Fsp3) is 0.222. The van der Waals surface area contributed by atoms with E-state index < -0.39 is 0 Å². The topological polar surface area (TPSA) is 111 Å². The molecule has 0 atom stereocenters. The highest BCUT2D eigenvalue weighted by molar-refractivity contribution is 5.86. The molecule has 0 aliphatic carbocycles. The van der Waals surface area contributed by atoms with Gasteiger partial charge in [0.15, 0.2) is 5.58 Å². The van der Waals surface area contributed by atoms with Gasteiger partial charge in [-0.3, -0.25) is 9.78 Å².